The van der Waals surface area contributed by atoms with Crippen LogP contribution in [0, 0.1) is 18.7 Å². The van der Waals surface area contributed by atoms with Gasteiger partial charge in [0.1, 0.15) is 0 Å². The number of nitrogens with one attached hydrogen (secondary N) is 2. The fourth-order valence-electron chi connectivity index (χ4n) is 4.64. The van der Waals surface area contributed by atoms with Crippen LogP contribution in [-0.4, -0.2) is 51.6 Å². The van der Waals surface area contributed by atoms with Crippen LogP contribution in [0.1, 0.15) is 58.9 Å². The van der Waals surface area contributed by atoms with Crippen LogP contribution in [-0.2, 0) is 14.8 Å². The first-order valence-corrected chi connectivity index (χ1v) is 13.1. The molecule has 2 N–H and O–H groups in total. The van der Waals surface area contributed by atoms with Gasteiger partial charge in [-0.25, -0.2) is 17.5 Å². The fourth-order valence-corrected chi connectivity index (χ4v) is 5.61. The molecular formula is C23H38FN3O3S. The van der Waals surface area contributed by atoms with Gasteiger partial charge in [0.05, 0.1) is 23.1 Å². The van der Waals surface area contributed by atoms with Crippen LogP contribution < -0.4 is 14.9 Å². The molecule has 0 bridgehead atoms. The second-order valence-electron chi connectivity index (χ2n) is 9.54. The molecule has 0 amide bonds. The molecule has 0 spiro atoms. The maximum absolute atomic E-state index is 15.1. The van der Waals surface area contributed by atoms with Crippen LogP contribution in [0.3, 0.4) is 0 Å². The zero-order chi connectivity index (χ0) is 22.8. The van der Waals surface area contributed by atoms with E-state index in [-0.39, 0.29) is 24.1 Å². The SMILES string of the molecule is Cc1c(N2C[C@@H](C)O[C@@H](C)C2)ccc(NC[C@H]2CC[C@H](NS(=O)(=O)C(C)C)CC2)c1F. The molecule has 1 aliphatic carbocycles. The largest absolute Gasteiger partial charge is 0.382 e. The van der Waals surface area contributed by atoms with E-state index in [1.807, 2.05) is 32.9 Å². The number of halogens is 1. The van der Waals surface area contributed by atoms with E-state index in [2.05, 4.69) is 14.9 Å². The molecule has 0 aromatic heterocycles. The predicted molar refractivity (Wildman–Crippen MR) is 125 cm³/mol. The molecule has 1 heterocycles. The Morgan fingerprint density at radius 1 is 1.13 bits per heavy atom. The van der Waals surface area contributed by atoms with Gasteiger partial charge in [0.15, 0.2) is 5.82 Å². The molecular weight excluding hydrogens is 417 g/mol. The summed E-state index contributed by atoms with van der Waals surface area (Å²) in [5.41, 5.74) is 2.14. The number of nitrogens with zero attached hydrogens (tertiary/aromatic N) is 1. The molecule has 0 radical (unpaired) electrons. The average molecular weight is 456 g/mol. The van der Waals surface area contributed by atoms with E-state index in [0.717, 1.165) is 44.5 Å². The summed E-state index contributed by atoms with van der Waals surface area (Å²) in [6.45, 7) is 11.6. The van der Waals surface area contributed by atoms with Crippen molar-refractivity contribution in [1.82, 2.24) is 4.72 Å². The molecule has 3 rings (SSSR count). The van der Waals surface area contributed by atoms with Crippen molar-refractivity contribution in [1.29, 1.82) is 0 Å². The lowest BCUT2D eigenvalue weighted by atomic mass is 9.86. The first kappa shape index (κ1) is 24.3. The summed E-state index contributed by atoms with van der Waals surface area (Å²) < 4.78 is 47.8. The number of ether oxygens (including phenoxy) is 1. The van der Waals surface area contributed by atoms with Crippen LogP contribution in [0.2, 0.25) is 0 Å². The maximum Gasteiger partial charge on any atom is 0.214 e. The summed E-state index contributed by atoms with van der Waals surface area (Å²) >= 11 is 0. The smallest absolute Gasteiger partial charge is 0.214 e. The van der Waals surface area contributed by atoms with Gasteiger partial charge in [-0.05, 0) is 78.4 Å². The highest BCUT2D eigenvalue weighted by Gasteiger charge is 2.27. The van der Waals surface area contributed by atoms with Crippen molar-refractivity contribution >= 4 is 21.4 Å². The molecule has 6 nitrogen and oxygen atoms in total. The van der Waals surface area contributed by atoms with Crippen molar-refractivity contribution in [3.8, 4) is 0 Å². The number of rotatable bonds is 7. The summed E-state index contributed by atoms with van der Waals surface area (Å²) in [7, 11) is -3.23. The molecule has 1 aromatic carbocycles. The minimum Gasteiger partial charge on any atom is -0.382 e. The third-order valence-electron chi connectivity index (χ3n) is 6.50. The lowest BCUT2D eigenvalue weighted by molar-refractivity contribution is -0.00526. The second-order valence-corrected chi connectivity index (χ2v) is 11.8. The number of anilines is 2. The van der Waals surface area contributed by atoms with Crippen molar-refractivity contribution in [2.45, 2.75) is 83.8 Å². The van der Waals surface area contributed by atoms with E-state index in [1.54, 1.807) is 13.8 Å². The molecule has 2 aliphatic rings. The van der Waals surface area contributed by atoms with Gasteiger partial charge in [-0.1, -0.05) is 0 Å². The second kappa shape index (κ2) is 10.0. The Hall–Kier alpha value is -1.38. The molecule has 0 unspecified atom stereocenters. The van der Waals surface area contributed by atoms with Gasteiger partial charge in [0.25, 0.3) is 0 Å². The Balaban J connectivity index is 1.54. The van der Waals surface area contributed by atoms with E-state index in [0.29, 0.717) is 23.7 Å². The Kier molecular flexibility index (Phi) is 7.86. The van der Waals surface area contributed by atoms with E-state index < -0.39 is 15.3 Å². The average Bonchev–Trinajstić information content (AvgIpc) is 2.69. The summed E-state index contributed by atoms with van der Waals surface area (Å²) in [4.78, 5) is 2.21. The van der Waals surface area contributed by atoms with E-state index in [1.165, 1.54) is 0 Å². The molecule has 176 valence electrons. The number of hydrogen-bond donors (Lipinski definition) is 2. The number of benzene rings is 1. The standard InChI is InChI=1S/C23H38FN3O3S/c1-15(2)31(28,29)26-20-8-6-19(7-9-20)12-25-21-10-11-22(18(5)23(21)24)27-13-16(3)30-17(4)14-27/h10-11,15-17,19-20,25-26H,6-9,12-14H2,1-5H3/t16-,17+,19-,20-. The van der Waals surface area contributed by atoms with Gasteiger partial charge in [0, 0.05) is 36.9 Å². The topological polar surface area (TPSA) is 70.7 Å². The zero-order valence-corrected chi connectivity index (χ0v) is 20.3. The van der Waals surface area contributed by atoms with E-state index in [9.17, 15) is 8.42 Å². The summed E-state index contributed by atoms with van der Waals surface area (Å²) in [6.07, 6.45) is 3.77. The third-order valence-corrected chi connectivity index (χ3v) is 8.40. The zero-order valence-electron chi connectivity index (χ0n) is 19.4. The van der Waals surface area contributed by atoms with Crippen LogP contribution in [0.4, 0.5) is 15.8 Å². The number of hydrogen-bond acceptors (Lipinski definition) is 5. The minimum atomic E-state index is -3.23. The lowest BCUT2D eigenvalue weighted by Gasteiger charge is -2.37. The first-order chi connectivity index (χ1) is 14.6. The number of morpholine rings is 1. The Bertz CT molecular complexity index is 844. The van der Waals surface area contributed by atoms with Crippen molar-refractivity contribution in [3.05, 3.63) is 23.5 Å². The van der Waals surface area contributed by atoms with E-state index >= 15 is 4.39 Å². The van der Waals surface area contributed by atoms with Gasteiger partial charge in [-0.3, -0.25) is 0 Å². The van der Waals surface area contributed by atoms with Crippen LogP contribution in [0.25, 0.3) is 0 Å². The Morgan fingerprint density at radius 3 is 2.32 bits per heavy atom. The molecule has 2 fully saturated rings. The van der Waals surface area contributed by atoms with Crippen LogP contribution >= 0.6 is 0 Å². The van der Waals surface area contributed by atoms with Gasteiger partial charge in [-0.15, -0.1) is 0 Å². The van der Waals surface area contributed by atoms with Crippen molar-refractivity contribution in [3.63, 3.8) is 0 Å². The van der Waals surface area contributed by atoms with Gasteiger partial charge >= 0.3 is 0 Å². The van der Waals surface area contributed by atoms with Crippen LogP contribution in [0.5, 0.6) is 0 Å². The molecule has 1 saturated carbocycles. The first-order valence-electron chi connectivity index (χ1n) is 11.5. The highest BCUT2D eigenvalue weighted by atomic mass is 32.2. The molecule has 1 aromatic rings. The number of sulfonamides is 1. The molecule has 8 heteroatoms. The highest BCUT2D eigenvalue weighted by molar-refractivity contribution is 7.90. The summed E-state index contributed by atoms with van der Waals surface area (Å²) in [5.74, 6) is 0.225. The van der Waals surface area contributed by atoms with Crippen molar-refractivity contribution in [2.24, 2.45) is 5.92 Å². The Morgan fingerprint density at radius 2 is 1.74 bits per heavy atom. The third kappa shape index (κ3) is 6.11. The quantitative estimate of drug-likeness (QED) is 0.649. The molecule has 1 saturated heterocycles. The molecule has 2 atom stereocenters. The minimum absolute atomic E-state index is 0.0141. The lowest BCUT2D eigenvalue weighted by Crippen LogP contribution is -2.45. The fraction of sp³-hybridized carbons (Fsp3) is 0.739. The molecule has 1 aliphatic heterocycles. The summed E-state index contributed by atoms with van der Waals surface area (Å²) in [6, 6.07) is 3.86. The summed E-state index contributed by atoms with van der Waals surface area (Å²) in [5, 5.41) is 2.88. The maximum atomic E-state index is 15.1. The predicted octanol–water partition coefficient (Wildman–Crippen LogP) is 4.05. The van der Waals surface area contributed by atoms with Gasteiger partial charge < -0.3 is 15.0 Å². The molecule has 31 heavy (non-hydrogen) atoms. The highest BCUT2D eigenvalue weighted by Crippen LogP contribution is 2.31. The van der Waals surface area contributed by atoms with Crippen molar-refractivity contribution < 1.29 is 17.5 Å². The van der Waals surface area contributed by atoms with E-state index in [4.69, 9.17) is 4.74 Å². The van der Waals surface area contributed by atoms with Crippen LogP contribution in [0.15, 0.2) is 12.1 Å². The van der Waals surface area contributed by atoms with Crippen molar-refractivity contribution in [2.75, 3.05) is 29.9 Å². The Labute approximate surface area is 187 Å². The normalized spacial score (nSPS) is 27.5. The van der Waals surface area contributed by atoms with Gasteiger partial charge in [0.2, 0.25) is 10.0 Å². The van der Waals surface area contributed by atoms with Gasteiger partial charge in [-0.2, -0.15) is 0 Å². The monoisotopic (exact) mass is 455 g/mol.